The molecule has 9 aromatic rings. The predicted molar refractivity (Wildman–Crippen MR) is 164 cm³/mol. The van der Waals surface area contributed by atoms with Crippen molar-refractivity contribution in [2.24, 2.45) is 0 Å². The highest BCUT2D eigenvalue weighted by Crippen LogP contribution is 2.40. The molecule has 0 aliphatic rings. The standard InChI is InChI=1S/C36H21N3O/c1-2-10-22(11-3-1)35-36(38-30-16-8-7-15-29(30)37-35)39-31-17-9-6-14-25(31)26-20-28-27-18-23-12-4-5-13-24(23)19-33(27)40-34(28)21-32(26)39/h1-21H. The van der Waals surface area contributed by atoms with E-state index >= 15 is 0 Å². The van der Waals surface area contributed by atoms with E-state index in [2.05, 4.69) is 89.5 Å². The third-order valence-corrected chi connectivity index (χ3v) is 7.94. The monoisotopic (exact) mass is 511 g/mol. The van der Waals surface area contributed by atoms with Crippen LogP contribution in [0.15, 0.2) is 132 Å². The van der Waals surface area contributed by atoms with Gasteiger partial charge >= 0.3 is 0 Å². The zero-order valence-electron chi connectivity index (χ0n) is 21.4. The molecule has 0 unspecified atom stereocenters. The van der Waals surface area contributed by atoms with E-state index in [4.69, 9.17) is 14.4 Å². The van der Waals surface area contributed by atoms with Crippen LogP contribution in [-0.4, -0.2) is 14.5 Å². The van der Waals surface area contributed by atoms with Crippen molar-refractivity contribution < 1.29 is 4.42 Å². The summed E-state index contributed by atoms with van der Waals surface area (Å²) >= 11 is 0. The zero-order chi connectivity index (χ0) is 26.2. The number of benzene rings is 6. The van der Waals surface area contributed by atoms with Gasteiger partial charge in [0.05, 0.1) is 22.1 Å². The Labute approximate surface area is 228 Å². The van der Waals surface area contributed by atoms with E-state index in [1.54, 1.807) is 0 Å². The highest BCUT2D eigenvalue weighted by Gasteiger charge is 2.21. The predicted octanol–water partition coefficient (Wildman–Crippen LogP) is 9.45. The van der Waals surface area contributed by atoms with Crippen molar-refractivity contribution in [3.63, 3.8) is 0 Å². The van der Waals surface area contributed by atoms with Crippen LogP contribution in [0.25, 0.3) is 82.6 Å². The van der Waals surface area contributed by atoms with E-state index in [0.717, 1.165) is 66.5 Å². The normalized spacial score (nSPS) is 12.0. The van der Waals surface area contributed by atoms with E-state index in [-0.39, 0.29) is 0 Å². The fraction of sp³-hybridized carbons (Fsp3) is 0. The molecule has 0 radical (unpaired) electrons. The first-order valence-electron chi connectivity index (χ1n) is 13.4. The molecule has 0 N–H and O–H groups in total. The Morgan fingerprint density at radius 1 is 0.475 bits per heavy atom. The quantitative estimate of drug-likeness (QED) is 0.232. The molecule has 0 spiro atoms. The van der Waals surface area contributed by atoms with Gasteiger partial charge in [-0.1, -0.05) is 84.9 Å². The first kappa shape index (κ1) is 21.5. The Hall–Kier alpha value is -5.48. The fourth-order valence-corrected chi connectivity index (χ4v) is 6.09. The highest BCUT2D eigenvalue weighted by atomic mass is 16.3. The summed E-state index contributed by atoms with van der Waals surface area (Å²) in [4.78, 5) is 10.4. The maximum absolute atomic E-state index is 6.49. The summed E-state index contributed by atoms with van der Waals surface area (Å²) in [6, 6.07) is 44.2. The highest BCUT2D eigenvalue weighted by molar-refractivity contribution is 6.18. The third-order valence-electron chi connectivity index (χ3n) is 7.94. The van der Waals surface area contributed by atoms with Crippen LogP contribution in [-0.2, 0) is 0 Å². The smallest absolute Gasteiger partial charge is 0.165 e. The van der Waals surface area contributed by atoms with Gasteiger partial charge in [-0.3, -0.25) is 4.57 Å². The Kier molecular flexibility index (Phi) is 4.30. The molecule has 40 heavy (non-hydrogen) atoms. The van der Waals surface area contributed by atoms with Crippen LogP contribution in [0.3, 0.4) is 0 Å². The van der Waals surface area contributed by atoms with Crippen LogP contribution in [0.4, 0.5) is 0 Å². The van der Waals surface area contributed by atoms with E-state index in [1.807, 2.05) is 42.5 Å². The minimum absolute atomic E-state index is 0.803. The van der Waals surface area contributed by atoms with Gasteiger partial charge in [0.15, 0.2) is 5.82 Å². The summed E-state index contributed by atoms with van der Waals surface area (Å²) in [6.45, 7) is 0. The maximum atomic E-state index is 6.49. The van der Waals surface area contributed by atoms with Crippen LogP contribution in [0.5, 0.6) is 0 Å². The first-order chi connectivity index (χ1) is 19.8. The van der Waals surface area contributed by atoms with Gasteiger partial charge < -0.3 is 4.42 Å². The lowest BCUT2D eigenvalue weighted by Gasteiger charge is -2.13. The van der Waals surface area contributed by atoms with E-state index in [1.165, 1.54) is 16.2 Å². The van der Waals surface area contributed by atoms with Gasteiger partial charge in [0.1, 0.15) is 16.9 Å². The number of para-hydroxylation sites is 3. The van der Waals surface area contributed by atoms with Crippen molar-refractivity contribution in [2.75, 3.05) is 0 Å². The number of nitrogens with zero attached hydrogens (tertiary/aromatic N) is 3. The molecular weight excluding hydrogens is 490 g/mol. The number of fused-ring (bicyclic) bond motifs is 8. The van der Waals surface area contributed by atoms with Crippen molar-refractivity contribution in [1.82, 2.24) is 14.5 Å². The number of aromatic nitrogens is 3. The van der Waals surface area contributed by atoms with Crippen LogP contribution in [0, 0.1) is 0 Å². The zero-order valence-corrected chi connectivity index (χ0v) is 21.4. The molecule has 0 saturated carbocycles. The lowest BCUT2D eigenvalue weighted by atomic mass is 10.0. The van der Waals surface area contributed by atoms with Crippen molar-refractivity contribution in [1.29, 1.82) is 0 Å². The third kappa shape index (κ3) is 3.01. The van der Waals surface area contributed by atoms with Gasteiger partial charge in [0.25, 0.3) is 0 Å². The minimum atomic E-state index is 0.803. The molecule has 4 heteroatoms. The molecule has 0 saturated heterocycles. The molecular formula is C36H21N3O. The van der Waals surface area contributed by atoms with Crippen LogP contribution in [0.1, 0.15) is 0 Å². The molecule has 3 heterocycles. The number of hydrogen-bond donors (Lipinski definition) is 0. The van der Waals surface area contributed by atoms with Crippen LogP contribution >= 0.6 is 0 Å². The molecule has 0 aliphatic carbocycles. The topological polar surface area (TPSA) is 43.9 Å². The van der Waals surface area contributed by atoms with Crippen molar-refractivity contribution >= 4 is 65.6 Å². The van der Waals surface area contributed by atoms with Crippen molar-refractivity contribution in [2.45, 2.75) is 0 Å². The summed E-state index contributed by atoms with van der Waals surface area (Å²) in [5, 5.41) is 6.95. The molecule has 3 aromatic heterocycles. The Morgan fingerprint density at radius 2 is 1.12 bits per heavy atom. The van der Waals surface area contributed by atoms with E-state index in [0.29, 0.717) is 0 Å². The first-order valence-corrected chi connectivity index (χ1v) is 13.4. The second-order valence-electron chi connectivity index (χ2n) is 10.3. The molecule has 0 amide bonds. The van der Waals surface area contributed by atoms with Gasteiger partial charge in [0, 0.05) is 33.2 Å². The largest absolute Gasteiger partial charge is 0.456 e. The molecule has 0 fully saturated rings. The van der Waals surface area contributed by atoms with Crippen LogP contribution < -0.4 is 0 Å². The van der Waals surface area contributed by atoms with Gasteiger partial charge in [0.2, 0.25) is 0 Å². The fourth-order valence-electron chi connectivity index (χ4n) is 6.09. The minimum Gasteiger partial charge on any atom is -0.456 e. The Morgan fingerprint density at radius 3 is 1.98 bits per heavy atom. The lowest BCUT2D eigenvalue weighted by molar-refractivity contribution is 0.670. The molecule has 6 aromatic carbocycles. The summed E-state index contributed by atoms with van der Waals surface area (Å²) < 4.78 is 8.74. The van der Waals surface area contributed by atoms with Crippen molar-refractivity contribution in [3.8, 4) is 17.1 Å². The average molecular weight is 512 g/mol. The molecule has 9 rings (SSSR count). The Bertz CT molecular complexity index is 2430. The lowest BCUT2D eigenvalue weighted by Crippen LogP contribution is -2.03. The Balaban J connectivity index is 1.43. The van der Waals surface area contributed by atoms with Crippen molar-refractivity contribution in [3.05, 3.63) is 127 Å². The average Bonchev–Trinajstić information content (AvgIpc) is 3.52. The van der Waals surface area contributed by atoms with Crippen LogP contribution in [0.2, 0.25) is 0 Å². The maximum Gasteiger partial charge on any atom is 0.165 e. The number of rotatable bonds is 2. The summed E-state index contributed by atoms with van der Waals surface area (Å²) in [6.07, 6.45) is 0. The molecule has 186 valence electrons. The van der Waals surface area contributed by atoms with Gasteiger partial charge in [-0.15, -0.1) is 0 Å². The number of hydrogen-bond acceptors (Lipinski definition) is 3. The van der Waals surface area contributed by atoms with E-state index < -0.39 is 0 Å². The van der Waals surface area contributed by atoms with E-state index in [9.17, 15) is 0 Å². The number of furan rings is 1. The summed E-state index contributed by atoms with van der Waals surface area (Å²) in [7, 11) is 0. The second-order valence-corrected chi connectivity index (χ2v) is 10.3. The van der Waals surface area contributed by atoms with Gasteiger partial charge in [-0.25, -0.2) is 9.97 Å². The summed E-state index contributed by atoms with van der Waals surface area (Å²) in [5.41, 5.74) is 7.48. The molecule has 4 nitrogen and oxygen atoms in total. The molecule has 0 aliphatic heterocycles. The second kappa shape index (κ2) is 8.01. The molecule has 0 bridgehead atoms. The van der Waals surface area contributed by atoms with Gasteiger partial charge in [-0.05, 0) is 47.2 Å². The molecule has 0 atom stereocenters. The summed E-state index contributed by atoms with van der Waals surface area (Å²) in [5.74, 6) is 0.803. The SMILES string of the molecule is c1ccc(-c2nc3ccccc3nc2-n2c3ccccc3c3cc4c(cc32)oc2cc3ccccc3cc24)cc1. The van der Waals surface area contributed by atoms with Gasteiger partial charge in [-0.2, -0.15) is 0 Å².